The van der Waals surface area contributed by atoms with Crippen molar-refractivity contribution in [2.45, 2.75) is 95.2 Å². The van der Waals surface area contributed by atoms with E-state index in [1.165, 1.54) is 0 Å². The van der Waals surface area contributed by atoms with Gasteiger partial charge in [-0.15, -0.1) is 0 Å². The fourth-order valence-electron chi connectivity index (χ4n) is 5.63. The summed E-state index contributed by atoms with van der Waals surface area (Å²) in [6, 6.07) is 1.02. The van der Waals surface area contributed by atoms with E-state index in [-0.39, 0.29) is 11.8 Å². The maximum atomic E-state index is 16.0. The Morgan fingerprint density at radius 3 is 2.16 bits per heavy atom. The van der Waals surface area contributed by atoms with Crippen LogP contribution in [-0.2, 0) is 40.0 Å². The highest BCUT2D eigenvalue weighted by molar-refractivity contribution is 5.73. The predicted octanol–water partition coefficient (Wildman–Crippen LogP) is 2.31. The molecule has 2 aliphatic heterocycles. The predicted molar refractivity (Wildman–Crippen MR) is 124 cm³/mol. The van der Waals surface area contributed by atoms with E-state index in [4.69, 9.17) is 23.7 Å². The van der Waals surface area contributed by atoms with E-state index < -0.39 is 67.0 Å². The van der Waals surface area contributed by atoms with E-state index in [0.717, 1.165) is 55.4 Å². The second-order valence-corrected chi connectivity index (χ2v) is 10.3. The van der Waals surface area contributed by atoms with Gasteiger partial charge in [-0.3, -0.25) is 19.0 Å². The summed E-state index contributed by atoms with van der Waals surface area (Å²) in [7, 11) is 0. The molecular formula is C25H31FN2O10. The minimum Gasteiger partial charge on any atom is -0.459 e. The monoisotopic (exact) mass is 538 g/mol. The summed E-state index contributed by atoms with van der Waals surface area (Å²) in [6.45, 7) is -1.51. The number of carbonyl (C=O) groups is 3. The third-order valence-electron chi connectivity index (χ3n) is 7.77. The molecule has 13 heteroatoms. The normalized spacial score (nSPS) is 29.8. The number of ether oxygens (including phenoxy) is 5. The Labute approximate surface area is 216 Å². The number of nitrogens with zero attached hydrogens (tertiary/aromatic N) is 2. The Morgan fingerprint density at radius 1 is 0.921 bits per heavy atom. The molecule has 5 rings (SSSR count). The lowest BCUT2D eigenvalue weighted by atomic mass is 9.89. The highest BCUT2D eigenvalue weighted by atomic mass is 19.2. The summed E-state index contributed by atoms with van der Waals surface area (Å²) in [5.74, 6) is -4.49. The maximum absolute atomic E-state index is 16.0. The summed E-state index contributed by atoms with van der Waals surface area (Å²) in [5, 5.41) is 0. The van der Waals surface area contributed by atoms with Crippen molar-refractivity contribution in [3.8, 4) is 0 Å². The molecule has 0 bridgehead atoms. The lowest BCUT2D eigenvalue weighted by Crippen LogP contribution is -2.43. The van der Waals surface area contributed by atoms with Gasteiger partial charge in [0, 0.05) is 12.3 Å². The van der Waals surface area contributed by atoms with Gasteiger partial charge in [0.2, 0.25) is 6.10 Å². The third kappa shape index (κ3) is 5.20. The van der Waals surface area contributed by atoms with Crippen molar-refractivity contribution in [3.05, 3.63) is 33.1 Å². The second kappa shape index (κ2) is 10.9. The van der Waals surface area contributed by atoms with Crippen molar-refractivity contribution in [3.63, 3.8) is 0 Å². The van der Waals surface area contributed by atoms with Crippen molar-refractivity contribution >= 4 is 18.1 Å². The van der Waals surface area contributed by atoms with Crippen molar-refractivity contribution in [1.82, 2.24) is 9.13 Å². The molecular weight excluding hydrogens is 507 g/mol. The molecule has 4 atom stereocenters. The first-order valence-corrected chi connectivity index (χ1v) is 13.2. The van der Waals surface area contributed by atoms with E-state index in [1.807, 2.05) is 0 Å². The zero-order chi connectivity index (χ0) is 26.9. The molecule has 1 aromatic rings. The molecule has 0 N–H and O–H groups in total. The Bertz CT molecular complexity index is 1190. The van der Waals surface area contributed by atoms with Gasteiger partial charge in [0.1, 0.15) is 0 Å². The molecule has 2 saturated heterocycles. The van der Waals surface area contributed by atoms with Gasteiger partial charge in [0.15, 0.2) is 25.7 Å². The smallest absolute Gasteiger partial charge is 0.459 e. The summed E-state index contributed by atoms with van der Waals surface area (Å²) in [4.78, 5) is 62.3. The van der Waals surface area contributed by atoms with Crippen LogP contribution in [0.4, 0.5) is 9.18 Å². The van der Waals surface area contributed by atoms with Crippen molar-refractivity contribution < 1.29 is 42.5 Å². The second-order valence-electron chi connectivity index (χ2n) is 10.3. The Balaban J connectivity index is 1.32. The third-order valence-corrected chi connectivity index (χ3v) is 7.77. The molecule has 4 fully saturated rings. The average molecular weight is 539 g/mol. The van der Waals surface area contributed by atoms with E-state index in [9.17, 15) is 24.0 Å². The van der Waals surface area contributed by atoms with Gasteiger partial charge in [-0.05, 0) is 25.7 Å². The molecule has 4 aliphatic rings. The molecule has 0 unspecified atom stereocenters. The number of hydrogen-bond acceptors (Lipinski definition) is 10. The Kier molecular flexibility index (Phi) is 7.55. The zero-order valence-corrected chi connectivity index (χ0v) is 20.9. The van der Waals surface area contributed by atoms with Crippen LogP contribution in [0.3, 0.4) is 0 Å². The Morgan fingerprint density at radius 2 is 1.53 bits per heavy atom. The molecule has 3 heterocycles. The average Bonchev–Trinajstić information content (AvgIpc) is 3.44. The van der Waals surface area contributed by atoms with Crippen LogP contribution in [-0.4, -0.2) is 51.9 Å². The summed E-state index contributed by atoms with van der Waals surface area (Å²) in [6.07, 6.45) is 3.65. The van der Waals surface area contributed by atoms with Crippen molar-refractivity contribution in [2.24, 2.45) is 11.8 Å². The molecule has 12 nitrogen and oxygen atoms in total. The highest BCUT2D eigenvalue weighted by Gasteiger charge is 2.65. The van der Waals surface area contributed by atoms with Crippen LogP contribution in [0.1, 0.15) is 70.4 Å². The molecule has 2 aliphatic carbocycles. The van der Waals surface area contributed by atoms with Gasteiger partial charge in [-0.2, -0.15) is 0 Å². The maximum Gasteiger partial charge on any atom is 0.509 e. The molecule has 38 heavy (non-hydrogen) atoms. The number of carbonyl (C=O) groups excluding carboxylic acids is 3. The number of halogens is 1. The first-order chi connectivity index (χ1) is 18.3. The molecule has 0 aromatic carbocycles. The van der Waals surface area contributed by atoms with Crippen LogP contribution in [0, 0.1) is 11.8 Å². The molecule has 0 spiro atoms. The van der Waals surface area contributed by atoms with Crippen LogP contribution in [0.2, 0.25) is 0 Å². The van der Waals surface area contributed by atoms with Crippen molar-refractivity contribution in [2.75, 3.05) is 6.61 Å². The van der Waals surface area contributed by atoms with Gasteiger partial charge in [0.05, 0.1) is 11.8 Å². The van der Waals surface area contributed by atoms with E-state index in [1.54, 1.807) is 0 Å². The standard InChI is InChI=1S/C25H31FN2O10/c26-25(13-34-21(30)15-7-3-1-4-8-15)19-18(36-24(33)37-19)20(38-25)27-12-11-17(29)28(23(27)32)14-35-22(31)16-9-5-2-6-10-16/h11-12,15-16,18-20H,1-10,13-14H2/t18-,19+,20-,25-/m1/s1. The molecule has 0 radical (unpaired) electrons. The minimum absolute atomic E-state index is 0.289. The molecule has 1 aromatic heterocycles. The van der Waals surface area contributed by atoms with Gasteiger partial charge in [-0.1, -0.05) is 38.5 Å². The minimum atomic E-state index is -2.79. The molecule has 2 saturated carbocycles. The Hall–Kier alpha value is -3.22. The summed E-state index contributed by atoms with van der Waals surface area (Å²) < 4.78 is 43.5. The highest BCUT2D eigenvalue weighted by Crippen LogP contribution is 2.45. The van der Waals surface area contributed by atoms with Crippen LogP contribution in [0.15, 0.2) is 21.9 Å². The summed E-state index contributed by atoms with van der Waals surface area (Å²) in [5.41, 5.74) is -1.71. The quantitative estimate of drug-likeness (QED) is 0.375. The number of alkyl halides is 1. The number of aromatic nitrogens is 2. The van der Waals surface area contributed by atoms with Gasteiger partial charge in [0.25, 0.3) is 11.4 Å². The van der Waals surface area contributed by atoms with Crippen molar-refractivity contribution in [1.29, 1.82) is 0 Å². The lowest BCUT2D eigenvalue weighted by Gasteiger charge is -2.25. The van der Waals surface area contributed by atoms with Crippen LogP contribution in [0.25, 0.3) is 0 Å². The van der Waals surface area contributed by atoms with Crippen LogP contribution < -0.4 is 11.2 Å². The summed E-state index contributed by atoms with van der Waals surface area (Å²) >= 11 is 0. The zero-order valence-electron chi connectivity index (χ0n) is 20.9. The molecule has 208 valence electrons. The first-order valence-electron chi connectivity index (χ1n) is 13.2. The van der Waals surface area contributed by atoms with E-state index in [0.29, 0.717) is 30.3 Å². The number of hydrogen-bond donors (Lipinski definition) is 0. The number of rotatable bonds is 7. The van der Waals surface area contributed by atoms with E-state index in [2.05, 4.69) is 0 Å². The van der Waals surface area contributed by atoms with Gasteiger partial charge >= 0.3 is 23.8 Å². The SMILES string of the molecule is O=C1O[C@H]2[C@H](n3ccc(=O)n(COC(=O)C4CCCCC4)c3=O)O[C@](F)(COC(=O)C3CCCCC3)[C@H]2O1. The topological polar surface area (TPSA) is 141 Å². The van der Waals surface area contributed by atoms with Crippen LogP contribution in [0.5, 0.6) is 0 Å². The lowest BCUT2D eigenvalue weighted by molar-refractivity contribution is -0.221. The number of fused-ring (bicyclic) bond motifs is 1. The molecule has 0 amide bonds. The van der Waals surface area contributed by atoms with Gasteiger partial charge < -0.3 is 23.7 Å². The van der Waals surface area contributed by atoms with E-state index >= 15 is 4.39 Å². The van der Waals surface area contributed by atoms with Crippen LogP contribution >= 0.6 is 0 Å². The van der Waals surface area contributed by atoms with Gasteiger partial charge in [-0.25, -0.2) is 18.5 Å². The fourth-order valence-corrected chi connectivity index (χ4v) is 5.63. The fraction of sp³-hybridized carbons (Fsp3) is 0.720. The largest absolute Gasteiger partial charge is 0.509 e. The number of esters is 2. The first kappa shape index (κ1) is 26.4.